The zero-order chi connectivity index (χ0) is 13.9. The normalized spacial score (nSPS) is 37.3. The van der Waals surface area contributed by atoms with Gasteiger partial charge in [0.1, 0.15) is 0 Å². The highest BCUT2D eigenvalue weighted by atomic mass is 14.9. The summed E-state index contributed by atoms with van der Waals surface area (Å²) >= 11 is 0. The Morgan fingerprint density at radius 1 is 0.895 bits per heavy atom. The first-order valence-electron chi connectivity index (χ1n) is 8.71. The number of rotatable bonds is 3. The smallest absolute Gasteiger partial charge is 0.00966 e. The van der Waals surface area contributed by atoms with Crippen LogP contribution in [0.3, 0.4) is 0 Å². The molecule has 2 aliphatic carbocycles. The average Bonchev–Trinajstić information content (AvgIpc) is 2.37. The van der Waals surface area contributed by atoms with Crippen molar-refractivity contribution in [1.29, 1.82) is 0 Å². The Morgan fingerprint density at radius 3 is 2.16 bits per heavy atom. The SMILES string of the molecule is CC1CCC(C2CCCCC2CNC(C)(C)C)CC1. The lowest BCUT2D eigenvalue weighted by Gasteiger charge is -2.41. The molecule has 0 spiro atoms. The van der Waals surface area contributed by atoms with Gasteiger partial charge < -0.3 is 5.32 Å². The van der Waals surface area contributed by atoms with Gasteiger partial charge in [0.25, 0.3) is 0 Å². The van der Waals surface area contributed by atoms with Gasteiger partial charge in [-0.1, -0.05) is 32.6 Å². The summed E-state index contributed by atoms with van der Waals surface area (Å²) in [6.07, 6.45) is 11.9. The van der Waals surface area contributed by atoms with Crippen molar-refractivity contribution in [3.05, 3.63) is 0 Å². The topological polar surface area (TPSA) is 12.0 Å². The van der Waals surface area contributed by atoms with Gasteiger partial charge in [-0.05, 0) is 76.7 Å². The fraction of sp³-hybridized carbons (Fsp3) is 1.00. The molecule has 0 radical (unpaired) electrons. The highest BCUT2D eigenvalue weighted by molar-refractivity contribution is 4.86. The molecule has 0 bridgehead atoms. The van der Waals surface area contributed by atoms with E-state index >= 15 is 0 Å². The van der Waals surface area contributed by atoms with Crippen LogP contribution < -0.4 is 5.32 Å². The summed E-state index contributed by atoms with van der Waals surface area (Å²) in [5, 5.41) is 3.77. The highest BCUT2D eigenvalue weighted by Crippen LogP contribution is 2.42. The summed E-state index contributed by atoms with van der Waals surface area (Å²) in [6.45, 7) is 10.6. The summed E-state index contributed by atoms with van der Waals surface area (Å²) in [4.78, 5) is 0. The maximum absolute atomic E-state index is 3.77. The molecule has 2 saturated carbocycles. The predicted octanol–water partition coefficient (Wildman–Crippen LogP) is 5.01. The second kappa shape index (κ2) is 6.61. The van der Waals surface area contributed by atoms with Gasteiger partial charge in [0.05, 0.1) is 0 Å². The van der Waals surface area contributed by atoms with Gasteiger partial charge in [-0.15, -0.1) is 0 Å². The maximum atomic E-state index is 3.77. The molecule has 19 heavy (non-hydrogen) atoms. The van der Waals surface area contributed by atoms with E-state index < -0.39 is 0 Å². The first kappa shape index (κ1) is 15.4. The molecule has 2 atom stereocenters. The van der Waals surface area contributed by atoms with Gasteiger partial charge in [0, 0.05) is 5.54 Å². The van der Waals surface area contributed by atoms with E-state index in [-0.39, 0.29) is 5.54 Å². The first-order valence-corrected chi connectivity index (χ1v) is 8.71. The molecular formula is C18H35N. The van der Waals surface area contributed by atoms with Crippen LogP contribution in [0.2, 0.25) is 0 Å². The van der Waals surface area contributed by atoms with Crippen molar-refractivity contribution in [2.24, 2.45) is 23.7 Å². The van der Waals surface area contributed by atoms with Crippen LogP contribution in [0.5, 0.6) is 0 Å². The Kier molecular flexibility index (Phi) is 5.34. The summed E-state index contributed by atoms with van der Waals surface area (Å²) in [6, 6.07) is 0. The summed E-state index contributed by atoms with van der Waals surface area (Å²) in [5.74, 6) is 4.01. The predicted molar refractivity (Wildman–Crippen MR) is 84.3 cm³/mol. The van der Waals surface area contributed by atoms with Gasteiger partial charge in [-0.3, -0.25) is 0 Å². The molecule has 1 heteroatoms. The van der Waals surface area contributed by atoms with Crippen molar-refractivity contribution in [2.75, 3.05) is 6.54 Å². The molecule has 112 valence electrons. The highest BCUT2D eigenvalue weighted by Gasteiger charge is 2.33. The number of nitrogens with one attached hydrogen (secondary N) is 1. The average molecular weight is 265 g/mol. The van der Waals surface area contributed by atoms with Crippen LogP contribution in [0, 0.1) is 23.7 Å². The van der Waals surface area contributed by atoms with Crippen LogP contribution >= 0.6 is 0 Å². The third-order valence-corrected chi connectivity index (χ3v) is 5.53. The molecule has 1 N–H and O–H groups in total. The van der Waals surface area contributed by atoms with Gasteiger partial charge in [0.15, 0.2) is 0 Å². The molecule has 0 aliphatic heterocycles. The molecule has 2 unspecified atom stereocenters. The van der Waals surface area contributed by atoms with E-state index in [1.165, 1.54) is 57.9 Å². The van der Waals surface area contributed by atoms with Gasteiger partial charge >= 0.3 is 0 Å². The molecule has 0 aromatic heterocycles. The lowest BCUT2D eigenvalue weighted by atomic mass is 9.66. The van der Waals surface area contributed by atoms with E-state index in [1.54, 1.807) is 0 Å². The van der Waals surface area contributed by atoms with E-state index in [2.05, 4.69) is 33.0 Å². The quantitative estimate of drug-likeness (QED) is 0.756. The molecule has 2 fully saturated rings. The van der Waals surface area contributed by atoms with Crippen molar-refractivity contribution in [3.8, 4) is 0 Å². The molecule has 0 aromatic carbocycles. The number of hydrogen-bond donors (Lipinski definition) is 1. The number of hydrogen-bond acceptors (Lipinski definition) is 1. The van der Waals surface area contributed by atoms with Crippen LogP contribution in [0.15, 0.2) is 0 Å². The summed E-state index contributed by atoms with van der Waals surface area (Å²) < 4.78 is 0. The molecular weight excluding hydrogens is 230 g/mol. The van der Waals surface area contributed by atoms with Crippen molar-refractivity contribution in [1.82, 2.24) is 5.32 Å². The maximum Gasteiger partial charge on any atom is 0.00966 e. The molecule has 2 aliphatic rings. The van der Waals surface area contributed by atoms with E-state index in [0.29, 0.717) is 0 Å². The Morgan fingerprint density at radius 2 is 1.53 bits per heavy atom. The van der Waals surface area contributed by atoms with Crippen molar-refractivity contribution in [3.63, 3.8) is 0 Å². The van der Waals surface area contributed by atoms with Crippen LogP contribution in [-0.2, 0) is 0 Å². The standard InChI is InChI=1S/C18H35N/c1-14-9-11-15(12-10-14)17-8-6-5-7-16(17)13-19-18(2,3)4/h14-17,19H,5-13H2,1-4H3. The Balaban J connectivity index is 1.88. The van der Waals surface area contributed by atoms with Crippen LogP contribution in [-0.4, -0.2) is 12.1 Å². The monoisotopic (exact) mass is 265 g/mol. The minimum Gasteiger partial charge on any atom is -0.312 e. The fourth-order valence-electron chi connectivity index (χ4n) is 4.26. The third kappa shape index (κ3) is 4.77. The largest absolute Gasteiger partial charge is 0.312 e. The molecule has 0 amide bonds. The molecule has 0 aromatic rings. The van der Waals surface area contributed by atoms with Crippen LogP contribution in [0.4, 0.5) is 0 Å². The fourth-order valence-corrected chi connectivity index (χ4v) is 4.26. The first-order chi connectivity index (χ1) is 8.96. The van der Waals surface area contributed by atoms with E-state index in [4.69, 9.17) is 0 Å². The molecule has 1 nitrogen and oxygen atoms in total. The lowest BCUT2D eigenvalue weighted by Crippen LogP contribution is -2.43. The zero-order valence-electron chi connectivity index (χ0n) is 13.7. The van der Waals surface area contributed by atoms with Crippen LogP contribution in [0.1, 0.15) is 79.1 Å². The van der Waals surface area contributed by atoms with Crippen molar-refractivity contribution >= 4 is 0 Å². The van der Waals surface area contributed by atoms with E-state index in [0.717, 1.165) is 23.7 Å². The minimum absolute atomic E-state index is 0.281. The van der Waals surface area contributed by atoms with Gasteiger partial charge in [-0.25, -0.2) is 0 Å². The third-order valence-electron chi connectivity index (χ3n) is 5.53. The van der Waals surface area contributed by atoms with Crippen molar-refractivity contribution < 1.29 is 0 Å². The Hall–Kier alpha value is -0.0400. The van der Waals surface area contributed by atoms with E-state index in [1.807, 2.05) is 0 Å². The molecule has 0 saturated heterocycles. The molecule has 2 rings (SSSR count). The second-order valence-electron chi connectivity index (χ2n) is 8.36. The second-order valence-corrected chi connectivity index (χ2v) is 8.36. The Bertz CT molecular complexity index is 257. The van der Waals surface area contributed by atoms with Gasteiger partial charge in [0.2, 0.25) is 0 Å². The van der Waals surface area contributed by atoms with Crippen LogP contribution in [0.25, 0.3) is 0 Å². The lowest BCUT2D eigenvalue weighted by molar-refractivity contribution is 0.110. The minimum atomic E-state index is 0.281. The summed E-state index contributed by atoms with van der Waals surface area (Å²) in [5.41, 5.74) is 0.281. The Labute approximate surface area is 120 Å². The van der Waals surface area contributed by atoms with Crippen molar-refractivity contribution in [2.45, 2.75) is 84.6 Å². The zero-order valence-corrected chi connectivity index (χ0v) is 13.7. The van der Waals surface area contributed by atoms with E-state index in [9.17, 15) is 0 Å². The van der Waals surface area contributed by atoms with Gasteiger partial charge in [-0.2, -0.15) is 0 Å². The molecule has 0 heterocycles. The summed E-state index contributed by atoms with van der Waals surface area (Å²) in [7, 11) is 0.